The zero-order valence-corrected chi connectivity index (χ0v) is 12.6. The van der Waals surface area contributed by atoms with Crippen LogP contribution in [-0.2, 0) is 9.63 Å². The molecule has 7 nitrogen and oxygen atoms in total. The SMILES string of the molecule is COc1ccc(/C=C2\C(=O)ON=C2c2ccc([N+](=O)[O-])cc2)cc1. The maximum atomic E-state index is 11.9. The fourth-order valence-electron chi connectivity index (χ4n) is 2.23. The molecule has 0 amide bonds. The number of carbonyl (C=O) groups is 1. The van der Waals surface area contributed by atoms with Crippen LogP contribution < -0.4 is 4.74 Å². The molecule has 2 aromatic carbocycles. The van der Waals surface area contributed by atoms with Gasteiger partial charge in [0.15, 0.2) is 0 Å². The Bertz CT molecular complexity index is 852. The van der Waals surface area contributed by atoms with Crippen molar-refractivity contribution < 1.29 is 19.3 Å². The molecule has 1 aliphatic rings. The molecule has 0 bridgehead atoms. The molecule has 0 N–H and O–H groups in total. The number of hydrogen-bond acceptors (Lipinski definition) is 6. The molecule has 7 heteroatoms. The smallest absolute Gasteiger partial charge is 0.368 e. The van der Waals surface area contributed by atoms with Gasteiger partial charge in [-0.2, -0.15) is 0 Å². The van der Waals surface area contributed by atoms with E-state index in [1.165, 1.54) is 24.3 Å². The number of oxime groups is 1. The number of nitro benzene ring substituents is 1. The van der Waals surface area contributed by atoms with Crippen molar-refractivity contribution in [1.82, 2.24) is 0 Å². The summed E-state index contributed by atoms with van der Waals surface area (Å²) in [6.45, 7) is 0. The number of non-ortho nitro benzene ring substituents is 1. The number of methoxy groups -OCH3 is 1. The molecule has 0 aromatic heterocycles. The predicted molar refractivity (Wildman–Crippen MR) is 86.7 cm³/mol. The molecule has 0 spiro atoms. The Labute approximate surface area is 137 Å². The molecule has 3 rings (SSSR count). The van der Waals surface area contributed by atoms with Gasteiger partial charge in [-0.1, -0.05) is 17.3 Å². The van der Waals surface area contributed by atoms with Crippen LogP contribution in [0.5, 0.6) is 5.75 Å². The third kappa shape index (κ3) is 3.00. The standard InChI is InChI=1S/C17H12N2O5/c1-23-14-8-2-11(3-9-14)10-15-16(18-24-17(15)20)12-4-6-13(7-5-12)19(21)22/h2-10H,1H3/b15-10-. The van der Waals surface area contributed by atoms with Crippen molar-refractivity contribution in [2.75, 3.05) is 7.11 Å². The molecule has 0 saturated heterocycles. The highest BCUT2D eigenvalue weighted by Crippen LogP contribution is 2.23. The van der Waals surface area contributed by atoms with Crippen molar-refractivity contribution in [2.24, 2.45) is 5.16 Å². The molecule has 0 saturated carbocycles. The molecule has 0 fully saturated rings. The van der Waals surface area contributed by atoms with Gasteiger partial charge < -0.3 is 9.57 Å². The largest absolute Gasteiger partial charge is 0.497 e. The van der Waals surface area contributed by atoms with Crippen LogP contribution in [0.3, 0.4) is 0 Å². The van der Waals surface area contributed by atoms with Crippen LogP contribution in [0.25, 0.3) is 6.08 Å². The lowest BCUT2D eigenvalue weighted by Crippen LogP contribution is -2.07. The number of carbonyl (C=O) groups excluding carboxylic acids is 1. The average Bonchev–Trinajstić information content (AvgIpc) is 2.96. The lowest BCUT2D eigenvalue weighted by molar-refractivity contribution is -0.384. The number of benzene rings is 2. The number of nitrogens with zero attached hydrogens (tertiary/aromatic N) is 2. The molecule has 24 heavy (non-hydrogen) atoms. The summed E-state index contributed by atoms with van der Waals surface area (Å²) in [4.78, 5) is 26.9. The Hall–Kier alpha value is -3.48. The normalized spacial score (nSPS) is 15.1. The van der Waals surface area contributed by atoms with E-state index in [2.05, 4.69) is 5.16 Å². The highest BCUT2D eigenvalue weighted by Gasteiger charge is 2.27. The first kappa shape index (κ1) is 15.4. The first-order valence-electron chi connectivity index (χ1n) is 6.99. The summed E-state index contributed by atoms with van der Waals surface area (Å²) in [6.07, 6.45) is 1.65. The van der Waals surface area contributed by atoms with E-state index in [1.54, 1.807) is 37.5 Å². The zero-order valence-electron chi connectivity index (χ0n) is 12.6. The lowest BCUT2D eigenvalue weighted by Gasteiger charge is -2.02. The second kappa shape index (κ2) is 6.33. The fraction of sp³-hybridized carbons (Fsp3) is 0.0588. The van der Waals surface area contributed by atoms with E-state index in [4.69, 9.17) is 9.57 Å². The zero-order chi connectivity index (χ0) is 17.1. The monoisotopic (exact) mass is 324 g/mol. The van der Waals surface area contributed by atoms with Crippen molar-refractivity contribution in [3.63, 3.8) is 0 Å². The second-order valence-electron chi connectivity index (χ2n) is 4.95. The van der Waals surface area contributed by atoms with Crippen LogP contribution >= 0.6 is 0 Å². The summed E-state index contributed by atoms with van der Waals surface area (Å²) in [6, 6.07) is 12.9. The lowest BCUT2D eigenvalue weighted by atomic mass is 10.0. The van der Waals surface area contributed by atoms with Gasteiger partial charge in [0.2, 0.25) is 0 Å². The summed E-state index contributed by atoms with van der Waals surface area (Å²) in [7, 11) is 1.57. The predicted octanol–water partition coefficient (Wildman–Crippen LogP) is 2.95. The van der Waals surface area contributed by atoms with E-state index in [9.17, 15) is 14.9 Å². The summed E-state index contributed by atoms with van der Waals surface area (Å²) in [5, 5.41) is 14.5. The minimum absolute atomic E-state index is 0.0368. The highest BCUT2D eigenvalue weighted by atomic mass is 16.7. The maximum absolute atomic E-state index is 11.9. The van der Waals surface area contributed by atoms with E-state index in [-0.39, 0.29) is 11.3 Å². The third-order valence-electron chi connectivity index (χ3n) is 3.47. The van der Waals surface area contributed by atoms with Crippen LogP contribution in [0.15, 0.2) is 59.3 Å². The molecule has 1 heterocycles. The van der Waals surface area contributed by atoms with Crippen LogP contribution in [0.4, 0.5) is 5.69 Å². The van der Waals surface area contributed by atoms with Crippen molar-refractivity contribution in [2.45, 2.75) is 0 Å². The van der Waals surface area contributed by atoms with E-state index in [0.717, 1.165) is 5.56 Å². The van der Waals surface area contributed by atoms with Gasteiger partial charge in [-0.05, 0) is 35.9 Å². The number of rotatable bonds is 4. The minimum Gasteiger partial charge on any atom is -0.497 e. The van der Waals surface area contributed by atoms with Gasteiger partial charge in [-0.3, -0.25) is 10.1 Å². The first-order chi connectivity index (χ1) is 11.6. The molecule has 120 valence electrons. The van der Waals surface area contributed by atoms with Crippen LogP contribution in [0.1, 0.15) is 11.1 Å². The Morgan fingerprint density at radius 3 is 2.38 bits per heavy atom. The Morgan fingerprint density at radius 1 is 1.12 bits per heavy atom. The molecule has 0 unspecified atom stereocenters. The van der Waals surface area contributed by atoms with Gasteiger partial charge in [0.25, 0.3) is 5.69 Å². The van der Waals surface area contributed by atoms with E-state index in [0.29, 0.717) is 17.0 Å². The van der Waals surface area contributed by atoms with Gasteiger partial charge >= 0.3 is 5.97 Å². The van der Waals surface area contributed by atoms with Gasteiger partial charge in [-0.15, -0.1) is 0 Å². The molecular weight excluding hydrogens is 312 g/mol. The van der Waals surface area contributed by atoms with Crippen molar-refractivity contribution in [1.29, 1.82) is 0 Å². The summed E-state index contributed by atoms with van der Waals surface area (Å²) in [5.74, 6) is 0.134. The molecular formula is C17H12N2O5. The maximum Gasteiger partial charge on any atom is 0.368 e. The summed E-state index contributed by atoms with van der Waals surface area (Å²) in [5.41, 5.74) is 1.93. The summed E-state index contributed by atoms with van der Waals surface area (Å²) >= 11 is 0. The average molecular weight is 324 g/mol. The van der Waals surface area contributed by atoms with Crippen LogP contribution in [-0.4, -0.2) is 23.7 Å². The quantitative estimate of drug-likeness (QED) is 0.373. The number of ether oxygens (including phenoxy) is 1. The highest BCUT2D eigenvalue weighted by molar-refractivity contribution is 6.31. The van der Waals surface area contributed by atoms with Crippen molar-refractivity contribution >= 4 is 23.4 Å². The Morgan fingerprint density at radius 2 is 1.79 bits per heavy atom. The van der Waals surface area contributed by atoms with Gasteiger partial charge in [0.1, 0.15) is 11.5 Å². The Balaban J connectivity index is 1.93. The van der Waals surface area contributed by atoms with Gasteiger partial charge in [-0.25, -0.2) is 4.79 Å². The Kier molecular flexibility index (Phi) is 4.07. The van der Waals surface area contributed by atoms with Crippen LogP contribution in [0, 0.1) is 10.1 Å². The number of hydrogen-bond donors (Lipinski definition) is 0. The third-order valence-corrected chi connectivity index (χ3v) is 3.47. The molecule has 0 radical (unpaired) electrons. The first-order valence-corrected chi connectivity index (χ1v) is 6.99. The fourth-order valence-corrected chi connectivity index (χ4v) is 2.23. The molecule has 1 aliphatic heterocycles. The number of nitro groups is 1. The second-order valence-corrected chi connectivity index (χ2v) is 4.95. The molecule has 0 atom stereocenters. The van der Waals surface area contributed by atoms with E-state index in [1.807, 2.05) is 0 Å². The molecule has 2 aromatic rings. The van der Waals surface area contributed by atoms with Crippen molar-refractivity contribution in [3.8, 4) is 5.75 Å². The van der Waals surface area contributed by atoms with Gasteiger partial charge in [0.05, 0.1) is 17.6 Å². The van der Waals surface area contributed by atoms with Crippen molar-refractivity contribution in [3.05, 3.63) is 75.3 Å². The van der Waals surface area contributed by atoms with Crippen LogP contribution in [0.2, 0.25) is 0 Å². The van der Waals surface area contributed by atoms with E-state index < -0.39 is 10.9 Å². The topological polar surface area (TPSA) is 91.0 Å². The minimum atomic E-state index is -0.570. The van der Waals surface area contributed by atoms with E-state index >= 15 is 0 Å². The summed E-state index contributed by atoms with van der Waals surface area (Å²) < 4.78 is 5.09. The van der Waals surface area contributed by atoms with Gasteiger partial charge in [0, 0.05) is 17.7 Å². The molecule has 0 aliphatic carbocycles.